The van der Waals surface area contributed by atoms with Crippen molar-refractivity contribution in [2.75, 3.05) is 26.5 Å². The number of rotatable bonds is 4. The van der Waals surface area contributed by atoms with E-state index >= 15 is 0 Å². The smallest absolute Gasteiger partial charge is 0.240 e. The normalized spacial score (nSPS) is 15.4. The molecule has 0 radical (unpaired) electrons. The van der Waals surface area contributed by atoms with Crippen molar-refractivity contribution in [2.24, 2.45) is 5.41 Å². The topological polar surface area (TPSA) is 58.6 Å². The largest absolute Gasteiger partial charge is 0.494 e. The van der Waals surface area contributed by atoms with Crippen molar-refractivity contribution in [3.8, 4) is 5.75 Å². The number of nitrogens with zero attached hydrogens (tertiary/aromatic N) is 1. The second kappa shape index (κ2) is 5.11. The Morgan fingerprint density at radius 1 is 1.35 bits per heavy atom. The van der Waals surface area contributed by atoms with Crippen LogP contribution in [-0.2, 0) is 9.59 Å². The number of halogens is 1. The molecular formula is C14H17FN2O3. The standard InChI is InChI=1S/C14H17FN2O3/c1-17(2)13(19)14(6-7-14)12(18)16-9-4-5-10(15)11(8-9)20-3/h4-5,8H,6-7H2,1-3H3,(H,16,18). The van der Waals surface area contributed by atoms with Crippen molar-refractivity contribution in [2.45, 2.75) is 12.8 Å². The van der Waals surface area contributed by atoms with Gasteiger partial charge in [-0.15, -0.1) is 0 Å². The van der Waals surface area contributed by atoms with Gasteiger partial charge in [-0.1, -0.05) is 0 Å². The number of hydrogen-bond donors (Lipinski definition) is 1. The number of carbonyl (C=O) groups excluding carboxylic acids is 2. The van der Waals surface area contributed by atoms with E-state index in [0.29, 0.717) is 18.5 Å². The molecule has 0 saturated heterocycles. The summed E-state index contributed by atoms with van der Waals surface area (Å²) in [5.74, 6) is -1.02. The zero-order valence-corrected chi connectivity index (χ0v) is 11.7. The number of benzene rings is 1. The summed E-state index contributed by atoms with van der Waals surface area (Å²) in [6.45, 7) is 0. The molecule has 0 unspecified atom stereocenters. The fourth-order valence-corrected chi connectivity index (χ4v) is 2.08. The van der Waals surface area contributed by atoms with E-state index in [1.807, 2.05) is 0 Å². The minimum absolute atomic E-state index is 0.0478. The molecule has 1 saturated carbocycles. The van der Waals surface area contributed by atoms with Gasteiger partial charge in [0.1, 0.15) is 5.41 Å². The van der Waals surface area contributed by atoms with Crippen LogP contribution in [0.3, 0.4) is 0 Å². The van der Waals surface area contributed by atoms with Gasteiger partial charge in [-0.3, -0.25) is 9.59 Å². The van der Waals surface area contributed by atoms with Crippen molar-refractivity contribution < 1.29 is 18.7 Å². The van der Waals surface area contributed by atoms with Crippen LogP contribution < -0.4 is 10.1 Å². The van der Waals surface area contributed by atoms with Crippen molar-refractivity contribution in [1.29, 1.82) is 0 Å². The number of amides is 2. The summed E-state index contributed by atoms with van der Waals surface area (Å²) in [4.78, 5) is 25.7. The SMILES string of the molecule is COc1cc(NC(=O)C2(C(=O)N(C)C)CC2)ccc1F. The Labute approximate surface area is 116 Å². The third-order valence-corrected chi connectivity index (χ3v) is 3.41. The zero-order valence-electron chi connectivity index (χ0n) is 11.7. The van der Waals surface area contributed by atoms with Crippen LogP contribution in [0.25, 0.3) is 0 Å². The Balaban J connectivity index is 2.15. The van der Waals surface area contributed by atoms with Crippen LogP contribution in [0.15, 0.2) is 18.2 Å². The summed E-state index contributed by atoms with van der Waals surface area (Å²) in [5, 5.41) is 2.65. The first-order valence-electron chi connectivity index (χ1n) is 6.27. The molecule has 2 amide bonds. The third-order valence-electron chi connectivity index (χ3n) is 3.41. The van der Waals surface area contributed by atoms with Gasteiger partial charge in [-0.05, 0) is 25.0 Å². The van der Waals surface area contributed by atoms with Crippen LogP contribution in [-0.4, -0.2) is 37.9 Å². The maximum absolute atomic E-state index is 13.3. The maximum Gasteiger partial charge on any atom is 0.240 e. The fraction of sp³-hybridized carbons (Fsp3) is 0.429. The van der Waals surface area contributed by atoms with Crippen LogP contribution in [0.4, 0.5) is 10.1 Å². The molecule has 1 fully saturated rings. The molecule has 2 rings (SSSR count). The number of ether oxygens (including phenoxy) is 1. The van der Waals surface area contributed by atoms with Gasteiger partial charge in [0, 0.05) is 25.8 Å². The lowest BCUT2D eigenvalue weighted by atomic mass is 10.0. The van der Waals surface area contributed by atoms with Gasteiger partial charge in [-0.25, -0.2) is 4.39 Å². The molecule has 6 heteroatoms. The molecule has 1 aliphatic carbocycles. The Kier molecular flexibility index (Phi) is 3.65. The summed E-state index contributed by atoms with van der Waals surface area (Å²) < 4.78 is 18.1. The molecular weight excluding hydrogens is 263 g/mol. The van der Waals surface area contributed by atoms with Crippen LogP contribution in [0.5, 0.6) is 5.75 Å². The van der Waals surface area contributed by atoms with E-state index in [0.717, 1.165) is 0 Å². The zero-order chi connectivity index (χ0) is 14.9. The summed E-state index contributed by atoms with van der Waals surface area (Å²) >= 11 is 0. The Morgan fingerprint density at radius 2 is 2.00 bits per heavy atom. The quantitative estimate of drug-likeness (QED) is 0.853. The molecule has 0 heterocycles. The summed E-state index contributed by atoms with van der Waals surface area (Å²) in [6.07, 6.45) is 1.07. The maximum atomic E-state index is 13.3. The molecule has 5 nitrogen and oxygen atoms in total. The van der Waals surface area contributed by atoms with Gasteiger partial charge in [-0.2, -0.15) is 0 Å². The van der Waals surface area contributed by atoms with Gasteiger partial charge in [0.15, 0.2) is 11.6 Å². The number of hydrogen-bond acceptors (Lipinski definition) is 3. The van der Waals surface area contributed by atoms with Gasteiger partial charge < -0.3 is 15.0 Å². The predicted octanol–water partition coefficient (Wildman–Crippen LogP) is 1.64. The van der Waals surface area contributed by atoms with Crippen LogP contribution in [0.1, 0.15) is 12.8 Å². The molecule has 0 aromatic heterocycles. The lowest BCUT2D eigenvalue weighted by Gasteiger charge is -2.19. The number of anilines is 1. The highest BCUT2D eigenvalue weighted by molar-refractivity contribution is 6.12. The Morgan fingerprint density at radius 3 is 2.50 bits per heavy atom. The Hall–Kier alpha value is -2.11. The molecule has 1 N–H and O–H groups in total. The highest BCUT2D eigenvalue weighted by Crippen LogP contribution is 2.47. The summed E-state index contributed by atoms with van der Waals surface area (Å²) in [7, 11) is 4.59. The predicted molar refractivity (Wildman–Crippen MR) is 71.9 cm³/mol. The molecule has 1 aromatic rings. The fourth-order valence-electron chi connectivity index (χ4n) is 2.08. The molecule has 20 heavy (non-hydrogen) atoms. The summed E-state index contributed by atoms with van der Waals surface area (Å²) in [5.41, 5.74) is -0.559. The second-order valence-electron chi connectivity index (χ2n) is 5.09. The minimum Gasteiger partial charge on any atom is -0.494 e. The highest BCUT2D eigenvalue weighted by atomic mass is 19.1. The number of nitrogens with one attached hydrogen (secondary N) is 1. The van der Waals surface area contributed by atoms with E-state index < -0.39 is 11.2 Å². The van der Waals surface area contributed by atoms with Crippen molar-refractivity contribution in [1.82, 2.24) is 4.90 Å². The van der Waals surface area contributed by atoms with E-state index in [2.05, 4.69) is 5.32 Å². The first-order chi connectivity index (χ1) is 9.40. The first kappa shape index (κ1) is 14.3. The molecule has 1 aromatic carbocycles. The molecule has 0 aliphatic heterocycles. The molecule has 108 valence electrons. The van der Waals surface area contributed by atoms with Crippen LogP contribution >= 0.6 is 0 Å². The van der Waals surface area contributed by atoms with E-state index in [1.54, 1.807) is 14.1 Å². The van der Waals surface area contributed by atoms with Crippen molar-refractivity contribution in [3.63, 3.8) is 0 Å². The highest BCUT2D eigenvalue weighted by Gasteiger charge is 2.57. The molecule has 0 atom stereocenters. The van der Waals surface area contributed by atoms with Crippen molar-refractivity contribution in [3.05, 3.63) is 24.0 Å². The lowest BCUT2D eigenvalue weighted by Crippen LogP contribution is -2.39. The van der Waals surface area contributed by atoms with Gasteiger partial charge in [0.25, 0.3) is 0 Å². The van der Waals surface area contributed by atoms with E-state index in [1.165, 1.54) is 30.2 Å². The van der Waals surface area contributed by atoms with Gasteiger partial charge >= 0.3 is 0 Å². The van der Waals surface area contributed by atoms with Gasteiger partial charge in [0.2, 0.25) is 11.8 Å². The number of methoxy groups -OCH3 is 1. The van der Waals surface area contributed by atoms with Crippen LogP contribution in [0, 0.1) is 11.2 Å². The minimum atomic E-state index is -0.967. The van der Waals surface area contributed by atoms with Crippen molar-refractivity contribution >= 4 is 17.5 Å². The first-order valence-corrected chi connectivity index (χ1v) is 6.27. The Bertz CT molecular complexity index is 553. The number of carbonyl (C=O) groups is 2. The van der Waals surface area contributed by atoms with Crippen LogP contribution in [0.2, 0.25) is 0 Å². The second-order valence-corrected chi connectivity index (χ2v) is 5.09. The lowest BCUT2D eigenvalue weighted by molar-refractivity contribution is -0.140. The van der Waals surface area contributed by atoms with E-state index in [4.69, 9.17) is 4.74 Å². The summed E-state index contributed by atoms with van der Waals surface area (Å²) in [6, 6.07) is 4.04. The monoisotopic (exact) mass is 280 g/mol. The van der Waals surface area contributed by atoms with Gasteiger partial charge in [0.05, 0.1) is 7.11 Å². The average molecular weight is 280 g/mol. The van der Waals surface area contributed by atoms with E-state index in [9.17, 15) is 14.0 Å². The average Bonchev–Trinajstić information content (AvgIpc) is 3.21. The molecule has 0 bridgehead atoms. The molecule has 0 spiro atoms. The van der Waals surface area contributed by atoms with E-state index in [-0.39, 0.29) is 17.6 Å². The third kappa shape index (κ3) is 2.45. The molecule has 1 aliphatic rings.